The second kappa shape index (κ2) is 8.90. The van der Waals surface area contributed by atoms with Crippen LogP contribution in [-0.4, -0.2) is 71.3 Å². The molecule has 2 heterocycles. The normalized spacial score (nSPS) is 17.3. The van der Waals surface area contributed by atoms with Gasteiger partial charge in [-0.3, -0.25) is 14.4 Å². The van der Waals surface area contributed by atoms with Crippen molar-refractivity contribution >= 4 is 5.91 Å². The van der Waals surface area contributed by atoms with Crippen LogP contribution in [0.15, 0.2) is 36.7 Å². The van der Waals surface area contributed by atoms with Gasteiger partial charge in [-0.2, -0.15) is 5.10 Å². The summed E-state index contributed by atoms with van der Waals surface area (Å²) in [6.45, 7) is 9.99. The Morgan fingerprint density at radius 2 is 1.90 bits per heavy atom. The second-order valence-corrected chi connectivity index (χ2v) is 9.94. The van der Waals surface area contributed by atoms with Crippen LogP contribution in [0.4, 0.5) is 0 Å². The maximum absolute atomic E-state index is 12.4. The summed E-state index contributed by atoms with van der Waals surface area (Å²) in [5, 5.41) is 7.55. The molecule has 164 valence electrons. The molecule has 30 heavy (non-hydrogen) atoms. The van der Waals surface area contributed by atoms with Crippen molar-refractivity contribution in [2.75, 3.05) is 40.3 Å². The molecule has 1 aliphatic rings. The first kappa shape index (κ1) is 22.5. The zero-order valence-electron chi connectivity index (χ0n) is 19.4. The lowest BCUT2D eigenvalue weighted by molar-refractivity contribution is -0.122. The standard InChI is InChI=1S/C24H37N5O/c1-23(2,3)29-12-10-24(11-13-29,18-25-22(30)17-27(4)5)21-9-7-8-19(14-21)20-15-26-28(6)16-20/h7-9,14-16H,10-13,17-18H2,1-6H3,(H,25,30). The van der Waals surface area contributed by atoms with E-state index in [1.54, 1.807) is 0 Å². The molecule has 6 nitrogen and oxygen atoms in total. The van der Waals surface area contributed by atoms with Crippen molar-refractivity contribution < 1.29 is 4.79 Å². The van der Waals surface area contributed by atoms with Crippen molar-refractivity contribution in [3.05, 3.63) is 42.2 Å². The summed E-state index contributed by atoms with van der Waals surface area (Å²) in [6.07, 6.45) is 6.02. The van der Waals surface area contributed by atoms with Gasteiger partial charge in [0.1, 0.15) is 0 Å². The van der Waals surface area contributed by atoms with Gasteiger partial charge < -0.3 is 10.2 Å². The number of aromatic nitrogens is 2. The molecule has 1 amide bonds. The Kier molecular flexibility index (Phi) is 6.68. The number of nitrogens with zero attached hydrogens (tertiary/aromatic N) is 4. The lowest BCUT2D eigenvalue weighted by Gasteiger charge is -2.47. The van der Waals surface area contributed by atoms with E-state index in [1.165, 1.54) is 11.1 Å². The summed E-state index contributed by atoms with van der Waals surface area (Å²) in [6, 6.07) is 8.80. The zero-order valence-corrected chi connectivity index (χ0v) is 19.4. The predicted molar refractivity (Wildman–Crippen MR) is 122 cm³/mol. The van der Waals surface area contributed by atoms with E-state index < -0.39 is 0 Å². The number of carbonyl (C=O) groups excluding carboxylic acids is 1. The minimum absolute atomic E-state index is 0.0536. The first-order chi connectivity index (χ1) is 14.1. The highest BCUT2D eigenvalue weighted by Gasteiger charge is 2.39. The Labute approximate surface area is 181 Å². The topological polar surface area (TPSA) is 53.4 Å². The van der Waals surface area contributed by atoms with Crippen LogP contribution in [0.25, 0.3) is 11.1 Å². The molecule has 0 aliphatic carbocycles. The maximum Gasteiger partial charge on any atom is 0.234 e. The van der Waals surface area contributed by atoms with Gasteiger partial charge >= 0.3 is 0 Å². The zero-order chi connectivity index (χ0) is 21.9. The molecule has 1 aliphatic heterocycles. The quantitative estimate of drug-likeness (QED) is 0.794. The molecular weight excluding hydrogens is 374 g/mol. The molecule has 0 spiro atoms. The van der Waals surface area contributed by atoms with Gasteiger partial charge in [-0.25, -0.2) is 0 Å². The lowest BCUT2D eigenvalue weighted by atomic mass is 9.71. The molecule has 1 aromatic carbocycles. The third-order valence-electron chi connectivity index (χ3n) is 6.27. The number of carbonyl (C=O) groups is 1. The van der Waals surface area contributed by atoms with E-state index in [9.17, 15) is 4.79 Å². The molecule has 0 unspecified atom stereocenters. The van der Waals surface area contributed by atoms with Gasteiger partial charge in [0.05, 0.1) is 12.7 Å². The van der Waals surface area contributed by atoms with E-state index in [-0.39, 0.29) is 16.9 Å². The lowest BCUT2D eigenvalue weighted by Crippen LogP contribution is -2.54. The molecular formula is C24H37N5O. The number of aryl methyl sites for hydroxylation is 1. The predicted octanol–water partition coefficient (Wildman–Crippen LogP) is 2.90. The Morgan fingerprint density at radius 3 is 2.47 bits per heavy atom. The number of piperidine rings is 1. The monoisotopic (exact) mass is 411 g/mol. The number of hydrogen-bond acceptors (Lipinski definition) is 4. The molecule has 0 bridgehead atoms. The van der Waals surface area contributed by atoms with Crippen LogP contribution < -0.4 is 5.32 Å². The number of amides is 1. The SMILES string of the molecule is CN(C)CC(=O)NCC1(c2cccc(-c3cnn(C)c3)c2)CCN(C(C)(C)C)CC1. The Morgan fingerprint density at radius 1 is 1.20 bits per heavy atom. The average Bonchev–Trinajstić information content (AvgIpc) is 3.12. The average molecular weight is 412 g/mol. The Bertz CT molecular complexity index is 856. The van der Waals surface area contributed by atoms with Crippen molar-refractivity contribution in [1.82, 2.24) is 24.9 Å². The van der Waals surface area contributed by atoms with Gasteiger partial charge in [0.15, 0.2) is 0 Å². The van der Waals surface area contributed by atoms with Gasteiger partial charge in [0.2, 0.25) is 5.91 Å². The van der Waals surface area contributed by atoms with E-state index >= 15 is 0 Å². The summed E-state index contributed by atoms with van der Waals surface area (Å²) in [5.74, 6) is 0.0843. The van der Waals surface area contributed by atoms with Gasteiger partial charge in [0.25, 0.3) is 0 Å². The third kappa shape index (κ3) is 5.29. The van der Waals surface area contributed by atoms with Crippen LogP contribution in [0, 0.1) is 0 Å². The first-order valence-electron chi connectivity index (χ1n) is 10.9. The van der Waals surface area contributed by atoms with Crippen molar-refractivity contribution in [2.45, 2.75) is 44.6 Å². The summed E-state index contributed by atoms with van der Waals surface area (Å²) >= 11 is 0. The van der Waals surface area contributed by atoms with Gasteiger partial charge in [-0.1, -0.05) is 24.3 Å². The van der Waals surface area contributed by atoms with E-state index in [0.29, 0.717) is 13.1 Å². The highest BCUT2D eigenvalue weighted by Crippen LogP contribution is 2.38. The molecule has 1 fully saturated rings. The van der Waals surface area contributed by atoms with E-state index in [2.05, 4.69) is 60.4 Å². The Hall–Kier alpha value is -2.18. The minimum Gasteiger partial charge on any atom is -0.354 e. The fraction of sp³-hybridized carbons (Fsp3) is 0.583. The van der Waals surface area contributed by atoms with Crippen molar-refractivity contribution in [3.63, 3.8) is 0 Å². The molecule has 0 atom stereocenters. The Balaban J connectivity index is 1.87. The highest BCUT2D eigenvalue weighted by atomic mass is 16.2. The van der Waals surface area contributed by atoms with Crippen LogP contribution in [0.5, 0.6) is 0 Å². The third-order valence-corrected chi connectivity index (χ3v) is 6.27. The van der Waals surface area contributed by atoms with Gasteiger partial charge in [-0.05, 0) is 71.9 Å². The van der Waals surface area contributed by atoms with Crippen LogP contribution in [0.1, 0.15) is 39.2 Å². The number of likely N-dealkylation sites (N-methyl/N-ethyl adjacent to an activating group) is 1. The highest BCUT2D eigenvalue weighted by molar-refractivity contribution is 5.78. The summed E-state index contributed by atoms with van der Waals surface area (Å²) in [4.78, 5) is 16.9. The molecule has 0 radical (unpaired) electrons. The number of benzene rings is 1. The van der Waals surface area contributed by atoms with Crippen LogP contribution in [0.2, 0.25) is 0 Å². The fourth-order valence-corrected chi connectivity index (χ4v) is 4.38. The number of likely N-dealkylation sites (tertiary alicyclic amines) is 1. The number of nitrogens with one attached hydrogen (secondary N) is 1. The van der Waals surface area contributed by atoms with Crippen LogP contribution >= 0.6 is 0 Å². The van der Waals surface area contributed by atoms with Crippen molar-refractivity contribution in [1.29, 1.82) is 0 Å². The maximum atomic E-state index is 12.4. The number of rotatable bonds is 6. The molecule has 2 aromatic rings. The molecule has 6 heteroatoms. The van der Waals surface area contributed by atoms with Crippen LogP contribution in [-0.2, 0) is 17.3 Å². The summed E-state index contributed by atoms with van der Waals surface area (Å²) < 4.78 is 1.83. The second-order valence-electron chi connectivity index (χ2n) is 9.94. The molecule has 1 aromatic heterocycles. The minimum atomic E-state index is -0.0536. The fourth-order valence-electron chi connectivity index (χ4n) is 4.38. The summed E-state index contributed by atoms with van der Waals surface area (Å²) in [5.41, 5.74) is 3.72. The van der Waals surface area contributed by atoms with E-state index in [0.717, 1.165) is 31.5 Å². The molecule has 1 N–H and O–H groups in total. The van der Waals surface area contributed by atoms with E-state index in [1.807, 2.05) is 43.1 Å². The number of hydrogen-bond donors (Lipinski definition) is 1. The van der Waals surface area contributed by atoms with Gasteiger partial charge in [0, 0.05) is 36.3 Å². The molecule has 3 rings (SSSR count). The first-order valence-corrected chi connectivity index (χ1v) is 10.9. The van der Waals surface area contributed by atoms with Gasteiger partial charge in [-0.15, -0.1) is 0 Å². The molecule has 1 saturated heterocycles. The molecule has 0 saturated carbocycles. The smallest absolute Gasteiger partial charge is 0.234 e. The summed E-state index contributed by atoms with van der Waals surface area (Å²) in [7, 11) is 5.79. The largest absolute Gasteiger partial charge is 0.354 e. The van der Waals surface area contributed by atoms with Crippen LogP contribution in [0.3, 0.4) is 0 Å². The van der Waals surface area contributed by atoms with Crippen molar-refractivity contribution in [2.24, 2.45) is 7.05 Å². The van der Waals surface area contributed by atoms with Crippen molar-refractivity contribution in [3.8, 4) is 11.1 Å². The van der Waals surface area contributed by atoms with E-state index in [4.69, 9.17) is 0 Å².